The van der Waals surface area contributed by atoms with Crippen LogP contribution in [0.2, 0.25) is 0 Å². The maximum Gasteiger partial charge on any atom is 0.343 e. The summed E-state index contributed by atoms with van der Waals surface area (Å²) >= 11 is 0. The van der Waals surface area contributed by atoms with Crippen molar-refractivity contribution in [3.05, 3.63) is 0 Å². The van der Waals surface area contributed by atoms with Crippen molar-refractivity contribution < 1.29 is 4.79 Å². The molecule has 0 bridgehead atoms. The van der Waals surface area contributed by atoms with E-state index in [1.807, 2.05) is 0 Å². The molecule has 112 valence electrons. The molecule has 0 heterocycles. The number of nitrogens with two attached hydrogens (primary N) is 2. The molecule has 0 aromatic carbocycles. The first-order valence-corrected chi connectivity index (χ1v) is 7.73. The average molecular weight is 270 g/mol. The molecule has 2 rings (SSSR count). The molecule has 2 amide bonds. The van der Waals surface area contributed by atoms with Crippen LogP contribution in [-0.2, 0) is 0 Å². The summed E-state index contributed by atoms with van der Waals surface area (Å²) in [4.78, 5) is 9.71. The van der Waals surface area contributed by atoms with Crippen molar-refractivity contribution in [3.8, 4) is 0 Å². The number of carbonyl (C=O) groups is 1. The molecule has 2 aliphatic rings. The molecule has 0 unspecified atom stereocenters. The van der Waals surface area contributed by atoms with Crippen LogP contribution in [0.3, 0.4) is 0 Å². The number of amides is 2. The number of hydrogen-bond donors (Lipinski definition) is 4. The largest absolute Gasteiger partial charge is 0.343 e. The molecule has 2 saturated carbocycles. The molecular weight excluding hydrogens is 240 g/mol. The highest BCUT2D eigenvalue weighted by Gasteiger charge is 2.20. The Hall–Kier alpha value is -0.810. The summed E-state index contributed by atoms with van der Waals surface area (Å²) in [5, 5.41) is 0. The molecule has 6 N–H and O–H groups in total. The number of hydrazine groups is 2. The van der Waals surface area contributed by atoms with Gasteiger partial charge in [-0.1, -0.05) is 64.2 Å². The summed E-state index contributed by atoms with van der Waals surface area (Å²) in [7, 11) is 0. The highest BCUT2D eigenvalue weighted by molar-refractivity contribution is 5.72. The van der Waals surface area contributed by atoms with Crippen LogP contribution in [0.5, 0.6) is 0 Å². The van der Waals surface area contributed by atoms with Crippen LogP contribution < -0.4 is 22.5 Å². The first-order valence-electron chi connectivity index (χ1n) is 7.73. The van der Waals surface area contributed by atoms with Crippen LogP contribution in [0.4, 0.5) is 4.79 Å². The monoisotopic (exact) mass is 270 g/mol. The second kappa shape index (κ2) is 10.0. The predicted molar refractivity (Wildman–Crippen MR) is 77.8 cm³/mol. The van der Waals surface area contributed by atoms with E-state index in [1.54, 1.807) is 43.0 Å². The molecule has 2 fully saturated rings. The zero-order chi connectivity index (χ0) is 13.9. The fourth-order valence-corrected chi connectivity index (χ4v) is 3.36. The lowest BCUT2D eigenvalue weighted by Crippen LogP contribution is -2.43. The van der Waals surface area contributed by atoms with E-state index >= 15 is 0 Å². The first-order chi connectivity index (χ1) is 9.26. The van der Waals surface area contributed by atoms with Crippen LogP contribution in [0.1, 0.15) is 70.6 Å². The Morgan fingerprint density at radius 3 is 1.42 bits per heavy atom. The number of nitrogens with one attached hydrogen (secondary N) is 2. The molecule has 0 radical (unpaired) electrons. The van der Waals surface area contributed by atoms with Gasteiger partial charge in [0, 0.05) is 0 Å². The Balaban J connectivity index is 0.000000258. The van der Waals surface area contributed by atoms with Crippen molar-refractivity contribution in [3.63, 3.8) is 0 Å². The molecule has 19 heavy (non-hydrogen) atoms. The Bertz CT molecular complexity index is 214. The quantitative estimate of drug-likeness (QED) is 0.353. The average Bonchev–Trinajstić information content (AvgIpc) is 2.49. The zero-order valence-electron chi connectivity index (χ0n) is 12.0. The van der Waals surface area contributed by atoms with Crippen molar-refractivity contribution in [1.82, 2.24) is 10.9 Å². The molecule has 0 spiro atoms. The normalized spacial score (nSPS) is 21.2. The summed E-state index contributed by atoms with van der Waals surface area (Å²) in [6.45, 7) is 0. The van der Waals surface area contributed by atoms with Gasteiger partial charge in [0.25, 0.3) is 0 Å². The van der Waals surface area contributed by atoms with Gasteiger partial charge in [0.05, 0.1) is 0 Å². The van der Waals surface area contributed by atoms with E-state index in [4.69, 9.17) is 0 Å². The second-order valence-corrected chi connectivity index (χ2v) is 5.86. The van der Waals surface area contributed by atoms with Gasteiger partial charge in [-0.3, -0.25) is 10.9 Å². The van der Waals surface area contributed by atoms with E-state index in [9.17, 15) is 4.79 Å². The van der Waals surface area contributed by atoms with Crippen molar-refractivity contribution in [2.45, 2.75) is 70.6 Å². The predicted octanol–water partition coefficient (Wildman–Crippen LogP) is 2.57. The molecule has 0 saturated heterocycles. The topological polar surface area (TPSA) is 93.2 Å². The lowest BCUT2D eigenvalue weighted by Gasteiger charge is -2.28. The van der Waals surface area contributed by atoms with E-state index in [0.717, 1.165) is 11.8 Å². The molecule has 5 heteroatoms. The summed E-state index contributed by atoms with van der Waals surface area (Å²) in [5.74, 6) is 11.3. The molecule has 5 nitrogen and oxygen atoms in total. The van der Waals surface area contributed by atoms with E-state index in [0.29, 0.717) is 0 Å². The van der Waals surface area contributed by atoms with Gasteiger partial charge >= 0.3 is 6.03 Å². The summed E-state index contributed by atoms with van der Waals surface area (Å²) in [6, 6.07) is -0.602. The summed E-state index contributed by atoms with van der Waals surface area (Å²) in [5.41, 5.74) is 3.48. The zero-order valence-corrected chi connectivity index (χ0v) is 12.0. The van der Waals surface area contributed by atoms with Gasteiger partial charge in [0.2, 0.25) is 0 Å². The van der Waals surface area contributed by atoms with Gasteiger partial charge in [0.15, 0.2) is 0 Å². The lowest BCUT2D eigenvalue weighted by atomic mass is 9.78. The summed E-state index contributed by atoms with van der Waals surface area (Å²) in [6.07, 6.45) is 16.9. The van der Waals surface area contributed by atoms with Crippen LogP contribution in [-0.4, -0.2) is 6.03 Å². The maximum atomic E-state index is 9.71. The van der Waals surface area contributed by atoms with Gasteiger partial charge in [0.1, 0.15) is 0 Å². The smallest absolute Gasteiger partial charge is 0.275 e. The fraction of sp³-hybridized carbons (Fsp3) is 0.929. The Kier molecular flexibility index (Phi) is 8.58. The number of urea groups is 1. The lowest BCUT2D eigenvalue weighted by molar-refractivity contribution is 0.241. The fourth-order valence-electron chi connectivity index (χ4n) is 3.36. The third-order valence-corrected chi connectivity index (χ3v) is 4.38. The number of hydrogen-bond acceptors (Lipinski definition) is 3. The van der Waals surface area contributed by atoms with Crippen molar-refractivity contribution >= 4 is 6.03 Å². The van der Waals surface area contributed by atoms with E-state index in [-0.39, 0.29) is 0 Å². The minimum atomic E-state index is -0.602. The van der Waals surface area contributed by atoms with Crippen LogP contribution in [0.15, 0.2) is 0 Å². The van der Waals surface area contributed by atoms with Crippen LogP contribution in [0.25, 0.3) is 0 Å². The van der Waals surface area contributed by atoms with Crippen molar-refractivity contribution in [2.75, 3.05) is 0 Å². The van der Waals surface area contributed by atoms with E-state index in [1.165, 1.54) is 38.5 Å². The van der Waals surface area contributed by atoms with Crippen molar-refractivity contribution in [2.24, 2.45) is 23.5 Å². The number of carbonyl (C=O) groups excluding carboxylic acids is 1. The third kappa shape index (κ3) is 7.38. The summed E-state index contributed by atoms with van der Waals surface area (Å²) < 4.78 is 0. The van der Waals surface area contributed by atoms with Gasteiger partial charge < -0.3 is 0 Å². The number of rotatable bonds is 2. The SMILES string of the molecule is C1CCC(CC2CCCCC2)CC1.NNC(=O)NN. The third-order valence-electron chi connectivity index (χ3n) is 4.38. The van der Waals surface area contributed by atoms with E-state index < -0.39 is 6.03 Å². The molecule has 2 aliphatic carbocycles. The van der Waals surface area contributed by atoms with Crippen LogP contribution in [0, 0.1) is 11.8 Å². The molecule has 0 aromatic heterocycles. The molecule has 0 atom stereocenters. The highest BCUT2D eigenvalue weighted by Crippen LogP contribution is 2.34. The van der Waals surface area contributed by atoms with E-state index in [2.05, 4.69) is 11.7 Å². The Morgan fingerprint density at radius 2 is 1.16 bits per heavy atom. The molecule has 0 aromatic rings. The van der Waals surface area contributed by atoms with Gasteiger partial charge in [-0.2, -0.15) is 0 Å². The molecule has 0 aliphatic heterocycles. The standard InChI is InChI=1S/C13H24.CH6N4O/c1-3-7-12(8-4-1)11-13-9-5-2-6-10-13;2-4-1(6)5-3/h12-13H,1-11H2;2-3H2,(H2,4,5,6). The van der Waals surface area contributed by atoms with Gasteiger partial charge in [-0.25, -0.2) is 16.5 Å². The van der Waals surface area contributed by atoms with Crippen molar-refractivity contribution in [1.29, 1.82) is 0 Å². The van der Waals surface area contributed by atoms with Gasteiger partial charge in [-0.15, -0.1) is 0 Å². The minimum Gasteiger partial charge on any atom is -0.275 e. The maximum absolute atomic E-state index is 9.71. The Labute approximate surface area is 116 Å². The minimum absolute atomic E-state index is 0.602. The van der Waals surface area contributed by atoms with Gasteiger partial charge in [-0.05, 0) is 18.3 Å². The molecular formula is C14H30N4O. The second-order valence-electron chi connectivity index (χ2n) is 5.86. The van der Waals surface area contributed by atoms with Crippen LogP contribution >= 0.6 is 0 Å². The Morgan fingerprint density at radius 1 is 0.789 bits per heavy atom. The highest BCUT2D eigenvalue weighted by atomic mass is 16.2. The first kappa shape index (κ1) is 16.2.